The summed E-state index contributed by atoms with van der Waals surface area (Å²) in [5, 5.41) is 0.614. The molecular formula is C30H26BrClF3N3O. The predicted molar refractivity (Wildman–Crippen MR) is 152 cm³/mol. The summed E-state index contributed by atoms with van der Waals surface area (Å²) >= 11 is 9.76. The number of hydrogen-bond donors (Lipinski definition) is 0. The first-order valence-corrected chi connectivity index (χ1v) is 13.7. The van der Waals surface area contributed by atoms with Crippen LogP contribution in [0.2, 0.25) is 5.02 Å². The molecule has 9 heteroatoms. The number of hydrogen-bond acceptors (Lipinski definition) is 2. The monoisotopic (exact) mass is 615 g/mol. The third-order valence-corrected chi connectivity index (χ3v) is 8.03. The van der Waals surface area contributed by atoms with Crippen molar-refractivity contribution in [3.63, 3.8) is 0 Å². The van der Waals surface area contributed by atoms with Gasteiger partial charge in [-0.1, -0.05) is 63.9 Å². The van der Waals surface area contributed by atoms with Gasteiger partial charge in [-0.3, -0.25) is 4.79 Å². The van der Waals surface area contributed by atoms with Gasteiger partial charge < -0.3 is 14.4 Å². The minimum Gasteiger partial charge on any atom is -0.368 e. The van der Waals surface area contributed by atoms with Crippen LogP contribution in [0.1, 0.15) is 27.2 Å². The number of nitrogens with zero attached hydrogens (tertiary/aromatic N) is 3. The quantitative estimate of drug-likeness (QED) is 0.228. The van der Waals surface area contributed by atoms with E-state index in [1.165, 1.54) is 12.1 Å². The fourth-order valence-corrected chi connectivity index (χ4v) is 5.57. The van der Waals surface area contributed by atoms with E-state index in [4.69, 9.17) is 11.6 Å². The fraction of sp³-hybridized carbons (Fsp3) is 0.233. The molecule has 5 rings (SSSR count). The second-order valence-electron chi connectivity index (χ2n) is 9.59. The van der Waals surface area contributed by atoms with Crippen molar-refractivity contribution >= 4 is 39.1 Å². The second-order valence-corrected chi connectivity index (χ2v) is 10.9. The molecule has 0 N–H and O–H groups in total. The van der Waals surface area contributed by atoms with Gasteiger partial charge in [0.1, 0.15) is 5.69 Å². The van der Waals surface area contributed by atoms with Gasteiger partial charge in [0.25, 0.3) is 5.91 Å². The summed E-state index contributed by atoms with van der Waals surface area (Å²) in [7, 11) is 0. The molecule has 4 aromatic rings. The number of carbonyl (C=O) groups is 1. The Balaban J connectivity index is 1.44. The minimum atomic E-state index is -4.40. The second kappa shape index (κ2) is 11.1. The van der Waals surface area contributed by atoms with Crippen molar-refractivity contribution in [3.05, 3.63) is 111 Å². The zero-order valence-corrected chi connectivity index (χ0v) is 23.5. The Morgan fingerprint density at radius 2 is 1.64 bits per heavy atom. The van der Waals surface area contributed by atoms with E-state index in [-0.39, 0.29) is 5.91 Å². The first kappa shape index (κ1) is 27.3. The number of halogens is 5. The average Bonchev–Trinajstić information content (AvgIpc) is 3.25. The van der Waals surface area contributed by atoms with Crippen molar-refractivity contribution in [2.75, 3.05) is 31.1 Å². The van der Waals surface area contributed by atoms with Gasteiger partial charge in [-0.05, 0) is 60.0 Å². The highest BCUT2D eigenvalue weighted by Crippen LogP contribution is 2.34. The summed E-state index contributed by atoms with van der Waals surface area (Å²) in [6.45, 7) is 4.16. The lowest BCUT2D eigenvalue weighted by atomic mass is 10.0. The molecule has 1 amide bonds. The Hall–Kier alpha value is -3.23. The van der Waals surface area contributed by atoms with Crippen LogP contribution in [0, 0.1) is 6.92 Å². The summed E-state index contributed by atoms with van der Waals surface area (Å²) in [4.78, 5) is 17.8. The van der Waals surface area contributed by atoms with Crippen molar-refractivity contribution < 1.29 is 18.0 Å². The van der Waals surface area contributed by atoms with Crippen LogP contribution in [-0.4, -0.2) is 41.6 Å². The molecule has 1 aromatic heterocycles. The van der Waals surface area contributed by atoms with E-state index in [2.05, 4.69) is 15.9 Å². The zero-order chi connectivity index (χ0) is 27.7. The normalized spacial score (nSPS) is 14.1. The summed E-state index contributed by atoms with van der Waals surface area (Å²) in [5.41, 5.74) is 4.17. The average molecular weight is 617 g/mol. The molecule has 1 saturated heterocycles. The number of aromatic nitrogens is 1. The Labute approximate surface area is 238 Å². The van der Waals surface area contributed by atoms with E-state index in [1.54, 1.807) is 11.0 Å². The van der Waals surface area contributed by atoms with Crippen LogP contribution in [0.25, 0.3) is 11.1 Å². The molecular weight excluding hydrogens is 591 g/mol. The molecule has 0 atom stereocenters. The van der Waals surface area contributed by atoms with Crippen LogP contribution in [0.4, 0.5) is 18.9 Å². The predicted octanol–water partition coefficient (Wildman–Crippen LogP) is 7.91. The van der Waals surface area contributed by atoms with E-state index in [0.717, 1.165) is 32.8 Å². The van der Waals surface area contributed by atoms with Gasteiger partial charge in [0.15, 0.2) is 0 Å². The van der Waals surface area contributed by atoms with Crippen molar-refractivity contribution in [3.8, 4) is 11.1 Å². The largest absolute Gasteiger partial charge is 0.416 e. The third kappa shape index (κ3) is 5.87. The molecule has 3 aromatic carbocycles. The van der Waals surface area contributed by atoms with Crippen LogP contribution >= 0.6 is 27.5 Å². The molecule has 1 fully saturated rings. The van der Waals surface area contributed by atoms with Gasteiger partial charge in [0.2, 0.25) is 0 Å². The molecule has 0 unspecified atom stereocenters. The number of alkyl halides is 3. The summed E-state index contributed by atoms with van der Waals surface area (Å²) in [6, 6.07) is 20.7. The molecule has 4 nitrogen and oxygen atoms in total. The third-order valence-electron chi connectivity index (χ3n) is 7.01. The Bertz CT molecular complexity index is 1490. The summed E-state index contributed by atoms with van der Waals surface area (Å²) in [5.74, 6) is -0.108. The Morgan fingerprint density at radius 1 is 0.949 bits per heavy atom. The number of carbonyl (C=O) groups excluding carboxylic acids is 1. The van der Waals surface area contributed by atoms with Gasteiger partial charge in [-0.15, -0.1) is 0 Å². The first-order chi connectivity index (χ1) is 18.6. The number of rotatable bonds is 5. The molecule has 1 aliphatic heterocycles. The van der Waals surface area contributed by atoms with Crippen LogP contribution in [0.5, 0.6) is 0 Å². The fourth-order valence-electron chi connectivity index (χ4n) is 5.04. The van der Waals surface area contributed by atoms with Crippen molar-refractivity contribution in [1.29, 1.82) is 0 Å². The highest BCUT2D eigenvalue weighted by molar-refractivity contribution is 9.10. The van der Waals surface area contributed by atoms with Gasteiger partial charge in [-0.25, -0.2) is 0 Å². The molecule has 2 heterocycles. The molecule has 0 aliphatic carbocycles. The summed E-state index contributed by atoms with van der Waals surface area (Å²) in [6.07, 6.45) is -2.40. The molecule has 0 bridgehead atoms. The lowest BCUT2D eigenvalue weighted by molar-refractivity contribution is -0.137. The van der Waals surface area contributed by atoms with Crippen LogP contribution in [0.15, 0.2) is 83.5 Å². The Morgan fingerprint density at radius 3 is 2.31 bits per heavy atom. The molecule has 39 heavy (non-hydrogen) atoms. The number of amides is 1. The van der Waals surface area contributed by atoms with E-state index in [9.17, 15) is 18.0 Å². The number of aryl methyl sites for hydroxylation is 1. The van der Waals surface area contributed by atoms with Crippen molar-refractivity contribution in [1.82, 2.24) is 9.47 Å². The van der Waals surface area contributed by atoms with Crippen molar-refractivity contribution in [2.24, 2.45) is 0 Å². The number of anilines is 1. The molecule has 0 saturated carbocycles. The van der Waals surface area contributed by atoms with Gasteiger partial charge >= 0.3 is 6.18 Å². The van der Waals surface area contributed by atoms with Gasteiger partial charge in [0, 0.05) is 59.7 Å². The van der Waals surface area contributed by atoms with Crippen LogP contribution in [0.3, 0.4) is 0 Å². The lowest BCUT2D eigenvalue weighted by Crippen LogP contribution is -2.49. The standard InChI is InChI=1S/C30H26BrClF3N3O/c1-20-18-38(19-22-5-2-3-8-26(22)31)28(27(20)21-9-11-24(32)12-10-21)29(39)37-15-13-36(14-16-37)25-7-4-6-23(17-25)30(33,34)35/h2-12,17-18H,13-16,19H2,1H3. The van der Waals surface area contributed by atoms with Gasteiger partial charge in [-0.2, -0.15) is 13.2 Å². The molecule has 0 radical (unpaired) electrons. The smallest absolute Gasteiger partial charge is 0.368 e. The number of piperazine rings is 1. The van der Waals surface area contributed by atoms with E-state index in [1.807, 2.05) is 71.1 Å². The SMILES string of the molecule is Cc1cn(Cc2ccccc2Br)c(C(=O)N2CCN(c3cccc(C(F)(F)F)c3)CC2)c1-c1ccc(Cl)cc1. The van der Waals surface area contributed by atoms with E-state index >= 15 is 0 Å². The van der Waals surface area contributed by atoms with Crippen LogP contribution in [-0.2, 0) is 12.7 Å². The minimum absolute atomic E-state index is 0.108. The molecule has 0 spiro atoms. The Kier molecular flexibility index (Phi) is 7.78. The topological polar surface area (TPSA) is 28.5 Å². The first-order valence-electron chi connectivity index (χ1n) is 12.5. The maximum Gasteiger partial charge on any atom is 0.416 e. The zero-order valence-electron chi connectivity index (χ0n) is 21.2. The summed E-state index contributed by atoms with van der Waals surface area (Å²) < 4.78 is 42.6. The maximum absolute atomic E-state index is 14.1. The van der Waals surface area contributed by atoms with Crippen molar-refractivity contribution in [2.45, 2.75) is 19.6 Å². The van der Waals surface area contributed by atoms with E-state index in [0.29, 0.717) is 49.1 Å². The lowest BCUT2D eigenvalue weighted by Gasteiger charge is -2.36. The van der Waals surface area contributed by atoms with E-state index < -0.39 is 11.7 Å². The molecule has 1 aliphatic rings. The van der Waals surface area contributed by atoms with Crippen LogP contribution < -0.4 is 4.90 Å². The number of benzene rings is 3. The maximum atomic E-state index is 14.1. The highest BCUT2D eigenvalue weighted by atomic mass is 79.9. The highest BCUT2D eigenvalue weighted by Gasteiger charge is 2.32. The molecule has 202 valence electrons. The van der Waals surface area contributed by atoms with Gasteiger partial charge in [0.05, 0.1) is 5.56 Å².